The van der Waals surface area contributed by atoms with E-state index in [1.807, 2.05) is 0 Å². The number of carboxylic acids is 1. The predicted octanol–water partition coefficient (Wildman–Crippen LogP) is 1.24. The van der Waals surface area contributed by atoms with Gasteiger partial charge in [0.15, 0.2) is 0 Å². The Morgan fingerprint density at radius 1 is 0.915 bits per heavy atom. The molecule has 0 radical (unpaired) electrons. The Morgan fingerprint density at radius 2 is 1.53 bits per heavy atom. The van der Waals surface area contributed by atoms with Gasteiger partial charge in [0.1, 0.15) is 31.0 Å². The second kappa shape index (κ2) is 15.1. The number of benzene rings is 1. The largest absolute Gasteiger partial charge is 0.480 e. The number of aromatic nitrogens is 2. The quantitative estimate of drug-likeness (QED) is 0.244. The molecule has 3 atom stereocenters. The van der Waals surface area contributed by atoms with Crippen LogP contribution in [-0.2, 0) is 37.1 Å². The van der Waals surface area contributed by atoms with E-state index in [1.54, 1.807) is 44.2 Å². The number of alkyl halides is 3. The van der Waals surface area contributed by atoms with Gasteiger partial charge in [0.05, 0.1) is 6.04 Å². The lowest BCUT2D eigenvalue weighted by Gasteiger charge is -2.32. The third-order valence-electron chi connectivity index (χ3n) is 7.53. The highest BCUT2D eigenvalue weighted by atomic mass is 19.4. The number of anilines is 2. The number of rotatable bonds is 13. The normalized spacial score (nSPS) is 16.1. The van der Waals surface area contributed by atoms with Crippen molar-refractivity contribution in [3.8, 4) is 0 Å². The van der Waals surface area contributed by atoms with Crippen LogP contribution in [0, 0.1) is 11.8 Å². The first-order valence-electron chi connectivity index (χ1n) is 14.8. The molecule has 14 nitrogen and oxygen atoms in total. The van der Waals surface area contributed by atoms with E-state index in [1.165, 1.54) is 13.8 Å². The van der Waals surface area contributed by atoms with Gasteiger partial charge in [0, 0.05) is 18.3 Å². The third kappa shape index (κ3) is 9.07. The van der Waals surface area contributed by atoms with Crippen LogP contribution in [0.3, 0.4) is 0 Å². The minimum atomic E-state index is -5.18. The molecule has 0 bridgehead atoms. The minimum absolute atomic E-state index is 0.0464. The van der Waals surface area contributed by atoms with Crippen molar-refractivity contribution in [2.75, 3.05) is 11.9 Å². The fraction of sp³-hybridized carbons (Fsp3) is 0.500. The summed E-state index contributed by atoms with van der Waals surface area (Å²) in [6, 6.07) is 4.93. The number of carbonyl (C=O) groups is 5. The van der Waals surface area contributed by atoms with E-state index in [9.17, 15) is 51.8 Å². The van der Waals surface area contributed by atoms with Gasteiger partial charge in [-0.2, -0.15) is 13.2 Å². The van der Waals surface area contributed by atoms with Crippen molar-refractivity contribution in [2.45, 2.75) is 77.9 Å². The molecule has 4 N–H and O–H groups in total. The molecule has 1 fully saturated rings. The van der Waals surface area contributed by atoms with E-state index < -0.39 is 90.0 Å². The fourth-order valence-corrected chi connectivity index (χ4v) is 5.14. The van der Waals surface area contributed by atoms with Crippen LogP contribution >= 0.6 is 0 Å². The number of halogens is 3. The van der Waals surface area contributed by atoms with Crippen molar-refractivity contribution in [3.63, 3.8) is 0 Å². The van der Waals surface area contributed by atoms with Crippen LogP contribution < -0.4 is 27.2 Å². The monoisotopic (exact) mass is 666 g/mol. The SMILES string of the molecule is CC(C)[C@H](NC(=O)Cn1c(=O)cc(Nc2ccccc2)n(CC(=O)O)c1=O)C(=O)N1CCC[C@H]1C(=O)N[C@H](C(=O)C(F)(F)F)C(C)C. The van der Waals surface area contributed by atoms with Crippen LogP contribution in [0.1, 0.15) is 40.5 Å². The molecule has 3 amide bonds. The lowest BCUT2D eigenvalue weighted by Crippen LogP contribution is -2.58. The van der Waals surface area contributed by atoms with Crippen LogP contribution in [-0.4, -0.2) is 79.5 Å². The van der Waals surface area contributed by atoms with Crippen LogP contribution in [0.2, 0.25) is 0 Å². The highest BCUT2D eigenvalue weighted by Gasteiger charge is 2.46. The highest BCUT2D eigenvalue weighted by Crippen LogP contribution is 2.24. The predicted molar refractivity (Wildman–Crippen MR) is 162 cm³/mol. The maximum atomic E-state index is 13.6. The summed E-state index contributed by atoms with van der Waals surface area (Å²) in [6.07, 6.45) is -4.76. The lowest BCUT2D eigenvalue weighted by molar-refractivity contribution is -0.175. The van der Waals surface area contributed by atoms with Gasteiger partial charge in [-0.3, -0.25) is 37.9 Å². The fourth-order valence-electron chi connectivity index (χ4n) is 5.14. The molecule has 1 aliphatic rings. The molecule has 2 heterocycles. The standard InChI is InChI=1S/C30H37F3N6O8/c1-16(2)24(26(44)30(31,32)33)36-27(45)19-11-8-12-37(19)28(46)25(17(3)4)35-21(40)14-39-22(41)13-20(34-18-9-6-5-7-10-18)38(29(39)47)15-23(42)43/h5-7,9-10,13,16-17,19,24-25,34H,8,11-12,14-15H2,1-4H3,(H,35,40)(H,36,45)(H,42,43)/t19-,24-,25-/m0/s1. The van der Waals surface area contributed by atoms with Gasteiger partial charge in [-0.1, -0.05) is 45.9 Å². The maximum Gasteiger partial charge on any atom is 0.452 e. The molecule has 2 aromatic rings. The topological polar surface area (TPSA) is 189 Å². The van der Waals surface area contributed by atoms with E-state index in [4.69, 9.17) is 0 Å². The molecule has 1 aromatic carbocycles. The van der Waals surface area contributed by atoms with E-state index in [-0.39, 0.29) is 18.8 Å². The molecule has 17 heteroatoms. The number of para-hydroxylation sites is 1. The Labute approximate surface area is 266 Å². The van der Waals surface area contributed by atoms with Crippen molar-refractivity contribution in [1.82, 2.24) is 24.7 Å². The number of amides is 3. The number of hydrogen-bond acceptors (Lipinski definition) is 8. The van der Waals surface area contributed by atoms with Crippen molar-refractivity contribution >= 4 is 41.0 Å². The summed E-state index contributed by atoms with van der Waals surface area (Å²) in [6.45, 7) is 4.18. The second-order valence-electron chi connectivity index (χ2n) is 11.8. The van der Waals surface area contributed by atoms with Gasteiger partial charge in [-0.15, -0.1) is 0 Å². The summed E-state index contributed by atoms with van der Waals surface area (Å²) in [4.78, 5) is 90.5. The number of nitrogens with zero attached hydrogens (tertiary/aromatic N) is 3. The molecule has 47 heavy (non-hydrogen) atoms. The second-order valence-corrected chi connectivity index (χ2v) is 11.8. The van der Waals surface area contributed by atoms with E-state index in [0.717, 1.165) is 15.5 Å². The van der Waals surface area contributed by atoms with Crippen LogP contribution in [0.5, 0.6) is 0 Å². The lowest BCUT2D eigenvalue weighted by atomic mass is 9.98. The third-order valence-corrected chi connectivity index (χ3v) is 7.53. The number of carboxylic acid groups (broad SMARTS) is 1. The number of nitrogens with one attached hydrogen (secondary N) is 3. The van der Waals surface area contributed by atoms with Crippen molar-refractivity contribution in [2.24, 2.45) is 11.8 Å². The first-order valence-corrected chi connectivity index (χ1v) is 14.8. The Balaban J connectivity index is 1.81. The number of likely N-dealkylation sites (tertiary alicyclic amines) is 1. The molecular formula is C30H37F3N6O8. The molecule has 0 saturated carbocycles. The number of carbonyl (C=O) groups excluding carboxylic acids is 4. The molecule has 0 unspecified atom stereocenters. The van der Waals surface area contributed by atoms with E-state index in [0.29, 0.717) is 16.7 Å². The Hall–Kier alpha value is -4.96. The van der Waals surface area contributed by atoms with Crippen molar-refractivity contribution < 1.29 is 42.3 Å². The van der Waals surface area contributed by atoms with Crippen molar-refractivity contribution in [1.29, 1.82) is 0 Å². The van der Waals surface area contributed by atoms with Gasteiger partial charge >= 0.3 is 17.8 Å². The minimum Gasteiger partial charge on any atom is -0.480 e. The molecule has 1 aliphatic heterocycles. The maximum absolute atomic E-state index is 13.6. The van der Waals surface area contributed by atoms with Crippen LogP contribution in [0.25, 0.3) is 0 Å². The summed E-state index contributed by atoms with van der Waals surface area (Å²) >= 11 is 0. The summed E-state index contributed by atoms with van der Waals surface area (Å²) in [5.41, 5.74) is -1.58. The molecule has 1 aromatic heterocycles. The summed E-state index contributed by atoms with van der Waals surface area (Å²) in [5, 5.41) is 16.8. The number of ketones is 1. The first kappa shape index (κ1) is 36.5. The summed E-state index contributed by atoms with van der Waals surface area (Å²) < 4.78 is 40.6. The molecule has 0 aliphatic carbocycles. The van der Waals surface area contributed by atoms with Gasteiger partial charge in [0.25, 0.3) is 11.3 Å². The van der Waals surface area contributed by atoms with E-state index >= 15 is 0 Å². The molecule has 1 saturated heterocycles. The van der Waals surface area contributed by atoms with Crippen molar-refractivity contribution in [3.05, 3.63) is 57.2 Å². The zero-order valence-electron chi connectivity index (χ0n) is 26.2. The van der Waals surface area contributed by atoms with Gasteiger partial charge in [-0.05, 0) is 36.8 Å². The Morgan fingerprint density at radius 3 is 2.09 bits per heavy atom. The molecule has 3 rings (SSSR count). The van der Waals surface area contributed by atoms with Gasteiger partial charge in [0.2, 0.25) is 17.7 Å². The number of Topliss-reactive ketones (excluding diaryl/α,β-unsaturated/α-hetero) is 1. The zero-order chi connectivity index (χ0) is 35.2. The summed E-state index contributed by atoms with van der Waals surface area (Å²) in [5.74, 6) is -7.74. The number of hydrogen-bond donors (Lipinski definition) is 4. The summed E-state index contributed by atoms with van der Waals surface area (Å²) in [7, 11) is 0. The highest BCUT2D eigenvalue weighted by molar-refractivity contribution is 5.96. The van der Waals surface area contributed by atoms with Gasteiger partial charge in [-0.25, -0.2) is 4.79 Å². The van der Waals surface area contributed by atoms with Crippen LogP contribution in [0.4, 0.5) is 24.7 Å². The first-order chi connectivity index (χ1) is 21.9. The van der Waals surface area contributed by atoms with Gasteiger partial charge < -0.3 is 26.0 Å². The van der Waals surface area contributed by atoms with E-state index in [2.05, 4.69) is 16.0 Å². The average molecular weight is 667 g/mol. The average Bonchev–Trinajstić information content (AvgIpc) is 3.48. The van der Waals surface area contributed by atoms with Crippen LogP contribution in [0.15, 0.2) is 46.0 Å². The zero-order valence-corrected chi connectivity index (χ0v) is 26.2. The molecular weight excluding hydrogens is 629 g/mol. The Bertz CT molecular complexity index is 1620. The molecule has 256 valence electrons. The Kier molecular flexibility index (Phi) is 11.7. The molecule has 0 spiro atoms. The number of aliphatic carboxylic acids is 1. The smallest absolute Gasteiger partial charge is 0.452 e.